The molecule has 0 aliphatic rings. The van der Waals surface area contributed by atoms with Crippen LogP contribution in [0.2, 0.25) is 0 Å². The molecule has 0 amide bonds. The average Bonchev–Trinajstić information content (AvgIpc) is 3.05. The molecule has 0 fully saturated rings. The molecule has 278 valence electrons. The maximum absolute atomic E-state index is 13.0. The molecule has 0 aliphatic carbocycles. The molecule has 0 aromatic carbocycles. The van der Waals surface area contributed by atoms with Gasteiger partial charge in [0.15, 0.2) is 0 Å². The molecule has 0 aromatic rings. The molecule has 0 saturated carbocycles. The second kappa shape index (κ2) is 19.9. The van der Waals surface area contributed by atoms with Crippen molar-refractivity contribution in [2.75, 3.05) is 39.6 Å². The monoisotopic (exact) mass is 712 g/mol. The van der Waals surface area contributed by atoms with Crippen LogP contribution < -0.4 is 0 Å². The third-order valence-electron chi connectivity index (χ3n) is 7.63. The van der Waals surface area contributed by atoms with Crippen LogP contribution in [0.25, 0.3) is 0 Å². The molecule has 10 N–H and O–H groups in total. The first-order valence-electron chi connectivity index (χ1n) is 14.7. The van der Waals surface area contributed by atoms with E-state index in [1.165, 1.54) is 0 Å². The fourth-order valence-electron chi connectivity index (χ4n) is 4.89. The van der Waals surface area contributed by atoms with Gasteiger partial charge >= 0.3 is 35.8 Å². The Hall–Kier alpha value is -4.94. The summed E-state index contributed by atoms with van der Waals surface area (Å²) in [4.78, 5) is 71.0. The summed E-state index contributed by atoms with van der Waals surface area (Å²) in [5.41, 5.74) is -8.50. The van der Waals surface area contributed by atoms with Crippen LogP contribution in [0.3, 0.4) is 0 Å². The molecular weight excluding hydrogens is 668 g/mol. The van der Waals surface area contributed by atoms with E-state index < -0.39 is 110 Å². The Kier molecular flexibility index (Phi) is 17.9. The molecule has 0 bridgehead atoms. The van der Waals surface area contributed by atoms with Gasteiger partial charge in [0, 0.05) is 51.2 Å². The summed E-state index contributed by atoms with van der Waals surface area (Å²) in [6, 6.07) is 0. The third kappa shape index (κ3) is 14.3. The number of hydrogen-bond donors (Lipinski definition) is 10. The number of aliphatic hydroxyl groups is 5. The van der Waals surface area contributed by atoms with Crippen molar-refractivity contribution in [1.82, 2.24) is 0 Å². The van der Waals surface area contributed by atoms with Gasteiger partial charge in [-0.1, -0.05) is 36.5 Å². The zero-order valence-electron chi connectivity index (χ0n) is 27.7. The Balaban J connectivity index is 7.20. The predicted molar refractivity (Wildman–Crippen MR) is 172 cm³/mol. The van der Waals surface area contributed by atoms with Crippen molar-refractivity contribution in [2.24, 2.45) is 21.7 Å². The minimum absolute atomic E-state index is 0.372. The lowest BCUT2D eigenvalue weighted by molar-refractivity contribution is -0.144. The number of carbonyl (C=O) groups excluding carboxylic acids is 1. The number of esters is 1. The Labute approximate surface area is 286 Å². The zero-order chi connectivity index (χ0) is 38.9. The Morgan fingerprint density at radius 3 is 1.12 bits per heavy atom. The minimum Gasteiger partial charge on any atom is -0.478 e. The molecule has 0 rings (SSSR count). The van der Waals surface area contributed by atoms with Crippen molar-refractivity contribution in [3.05, 3.63) is 71.4 Å². The molecule has 0 aromatic heterocycles. The summed E-state index contributed by atoms with van der Waals surface area (Å²) in [5, 5.41) is 97.6. The fraction of sp³-hybridized carbons (Fsp3) is 0.455. The van der Waals surface area contributed by atoms with Gasteiger partial charge < -0.3 is 55.8 Å². The summed E-state index contributed by atoms with van der Waals surface area (Å²) >= 11 is 0. The van der Waals surface area contributed by atoms with Gasteiger partial charge in [0.1, 0.15) is 6.61 Å². The lowest BCUT2D eigenvalue weighted by Crippen LogP contribution is -2.41. The summed E-state index contributed by atoms with van der Waals surface area (Å²) < 4.78 is 5.26. The van der Waals surface area contributed by atoms with E-state index in [-0.39, 0.29) is 16.7 Å². The van der Waals surface area contributed by atoms with E-state index in [4.69, 9.17) is 4.74 Å². The number of hydrogen-bond acceptors (Lipinski definition) is 12. The van der Waals surface area contributed by atoms with Crippen molar-refractivity contribution in [2.45, 2.75) is 33.6 Å². The van der Waals surface area contributed by atoms with E-state index in [9.17, 15) is 79.8 Å². The molecule has 17 heteroatoms. The molecule has 0 atom stereocenters. The van der Waals surface area contributed by atoms with Gasteiger partial charge in [0.05, 0.1) is 38.4 Å². The Morgan fingerprint density at radius 1 is 0.500 bits per heavy atom. The number of aliphatic hydroxyl groups excluding tert-OH is 5. The molecule has 0 radical (unpaired) electrons. The zero-order valence-corrected chi connectivity index (χ0v) is 27.7. The van der Waals surface area contributed by atoms with Gasteiger partial charge in [0.25, 0.3) is 0 Å². The molecule has 50 heavy (non-hydrogen) atoms. The van der Waals surface area contributed by atoms with E-state index in [2.05, 4.69) is 0 Å². The molecule has 0 spiro atoms. The van der Waals surface area contributed by atoms with Crippen LogP contribution in [0.1, 0.15) is 33.6 Å². The van der Waals surface area contributed by atoms with Crippen LogP contribution in [0, 0.1) is 21.7 Å². The molecular formula is C33H44O17. The number of ether oxygens (including phenoxy) is 1. The summed E-state index contributed by atoms with van der Waals surface area (Å²) in [5.74, 6) is -8.61. The third-order valence-corrected chi connectivity index (χ3v) is 7.63. The van der Waals surface area contributed by atoms with Crippen molar-refractivity contribution in [1.29, 1.82) is 0 Å². The van der Waals surface area contributed by atoms with Crippen molar-refractivity contribution < 1.29 is 84.6 Å². The predicted octanol–water partition coefficient (Wildman–Crippen LogP) is 0.147. The van der Waals surface area contributed by atoms with Gasteiger partial charge in [-0.05, 0) is 33.6 Å². The molecule has 0 heterocycles. The van der Waals surface area contributed by atoms with E-state index in [0.717, 1.165) is 57.2 Å². The normalized spacial score (nSPS) is 16.0. The first-order valence-corrected chi connectivity index (χ1v) is 14.7. The second-order valence-electron chi connectivity index (χ2n) is 12.1. The standard InChI is InChI=1S/C33H44O17/c1-21(27(44)45)10-31(11-22(2)28(46)47,12-23(3)29(48)49)14-33(18-37,19-38)20-50-26(43)6-9-30(7-4-24(39)40,8-5-25(41)42)13-32(15-34,16-35)17-36/h4-12,34-38H,13-20H2,1-3H3,(H,39,40)(H,41,42)(H,44,45)(H,46,47)(H,48,49). The quantitative estimate of drug-likeness (QED) is 0.0498. The number of rotatable bonds is 23. The number of carbonyl (C=O) groups is 6. The van der Waals surface area contributed by atoms with Gasteiger partial charge in [-0.2, -0.15) is 0 Å². The lowest BCUT2D eigenvalue weighted by atomic mass is 9.69. The Bertz CT molecular complexity index is 1330. The number of carboxylic acid groups (broad SMARTS) is 5. The molecule has 17 nitrogen and oxygen atoms in total. The maximum Gasteiger partial charge on any atom is 0.330 e. The molecule has 0 saturated heterocycles. The average molecular weight is 713 g/mol. The van der Waals surface area contributed by atoms with Crippen LogP contribution in [-0.4, -0.2) is 127 Å². The van der Waals surface area contributed by atoms with E-state index in [1.807, 2.05) is 0 Å². The van der Waals surface area contributed by atoms with Gasteiger partial charge in [-0.3, -0.25) is 0 Å². The highest BCUT2D eigenvalue weighted by molar-refractivity contribution is 5.89. The van der Waals surface area contributed by atoms with Crippen LogP contribution in [-0.2, 0) is 33.5 Å². The summed E-state index contributed by atoms with van der Waals surface area (Å²) in [6.07, 6.45) is 6.63. The van der Waals surface area contributed by atoms with E-state index in [0.29, 0.717) is 18.2 Å². The first-order chi connectivity index (χ1) is 23.1. The Morgan fingerprint density at radius 2 is 0.820 bits per heavy atom. The SMILES string of the molecule is CC(=CC(C=C(C)C(=O)O)(C=C(C)C(=O)O)CC(CO)(CO)COC(=O)C=CC(C=CC(=O)O)(C=CC(=O)O)CC(CO)(CO)CO)C(=O)O. The number of allylic oxidation sites excluding steroid dienone is 6. The van der Waals surface area contributed by atoms with Crippen molar-refractivity contribution >= 4 is 35.8 Å². The fourth-order valence-corrected chi connectivity index (χ4v) is 4.89. The number of aliphatic carboxylic acids is 5. The van der Waals surface area contributed by atoms with Gasteiger partial charge in [0.2, 0.25) is 0 Å². The molecule has 0 unspecified atom stereocenters. The van der Waals surface area contributed by atoms with Gasteiger partial charge in [-0.15, -0.1) is 0 Å². The summed E-state index contributed by atoms with van der Waals surface area (Å²) in [7, 11) is 0. The maximum atomic E-state index is 13.0. The van der Waals surface area contributed by atoms with Crippen LogP contribution in [0.4, 0.5) is 0 Å². The largest absolute Gasteiger partial charge is 0.478 e. The number of carboxylic acids is 5. The van der Waals surface area contributed by atoms with E-state index >= 15 is 0 Å². The molecule has 0 aliphatic heterocycles. The minimum atomic E-state index is -1.91. The second-order valence-corrected chi connectivity index (χ2v) is 12.1. The van der Waals surface area contributed by atoms with Crippen LogP contribution in [0.15, 0.2) is 71.4 Å². The van der Waals surface area contributed by atoms with Crippen molar-refractivity contribution in [3.63, 3.8) is 0 Å². The van der Waals surface area contributed by atoms with Gasteiger partial charge in [-0.25, -0.2) is 28.8 Å². The van der Waals surface area contributed by atoms with E-state index in [1.54, 1.807) is 0 Å². The topological polar surface area (TPSA) is 314 Å². The lowest BCUT2D eigenvalue weighted by Gasteiger charge is -2.37. The van der Waals surface area contributed by atoms with Crippen LogP contribution in [0.5, 0.6) is 0 Å². The smallest absolute Gasteiger partial charge is 0.330 e. The highest BCUT2D eigenvalue weighted by atomic mass is 16.5. The first kappa shape index (κ1) is 45.1. The van der Waals surface area contributed by atoms with Crippen LogP contribution >= 0.6 is 0 Å². The highest BCUT2D eigenvalue weighted by Gasteiger charge is 2.41. The highest BCUT2D eigenvalue weighted by Crippen LogP contribution is 2.42. The summed E-state index contributed by atoms with van der Waals surface area (Å²) in [6.45, 7) is -1.92. The van der Waals surface area contributed by atoms with Crippen molar-refractivity contribution in [3.8, 4) is 0 Å².